The van der Waals surface area contributed by atoms with Gasteiger partial charge in [-0.3, -0.25) is 19.5 Å². The lowest BCUT2D eigenvalue weighted by atomic mass is 10.1. The molecule has 2 heterocycles. The third-order valence-electron chi connectivity index (χ3n) is 6.42. The van der Waals surface area contributed by atoms with Crippen LogP contribution >= 0.6 is 11.8 Å². The van der Waals surface area contributed by atoms with Gasteiger partial charge in [0.1, 0.15) is 18.0 Å². The molecule has 3 aromatic carbocycles. The molecule has 9 heteroatoms. The number of hydrogen-bond acceptors (Lipinski definition) is 6. The fourth-order valence-corrected chi connectivity index (χ4v) is 5.74. The third-order valence-corrected chi connectivity index (χ3v) is 7.74. The quantitative estimate of drug-likeness (QED) is 0.304. The zero-order valence-electron chi connectivity index (χ0n) is 21.6. The summed E-state index contributed by atoms with van der Waals surface area (Å²) in [7, 11) is 0. The van der Waals surface area contributed by atoms with E-state index in [-0.39, 0.29) is 18.4 Å². The minimum Gasteiger partial charge on any atom is -0.444 e. The summed E-state index contributed by atoms with van der Waals surface area (Å²) in [6, 6.07) is 28.6. The van der Waals surface area contributed by atoms with Gasteiger partial charge in [-0.1, -0.05) is 60.7 Å². The number of ether oxygens (including phenoxy) is 1. The van der Waals surface area contributed by atoms with E-state index in [2.05, 4.69) is 15.6 Å². The fourth-order valence-electron chi connectivity index (χ4n) is 4.32. The van der Waals surface area contributed by atoms with Gasteiger partial charge in [0, 0.05) is 35.9 Å². The number of aromatic nitrogens is 1. The molecule has 5 rings (SSSR count). The van der Waals surface area contributed by atoms with E-state index in [9.17, 15) is 14.4 Å². The maximum absolute atomic E-state index is 13.4. The molecule has 202 valence electrons. The lowest BCUT2D eigenvalue weighted by Gasteiger charge is -2.28. The Morgan fingerprint density at radius 2 is 1.50 bits per heavy atom. The first-order chi connectivity index (χ1) is 19.6. The predicted molar refractivity (Wildman–Crippen MR) is 154 cm³/mol. The Hall–Kier alpha value is -4.63. The molecule has 1 aliphatic rings. The number of carbonyl (C=O) groups is 3. The van der Waals surface area contributed by atoms with Crippen molar-refractivity contribution < 1.29 is 19.1 Å². The minimum absolute atomic E-state index is 0.103. The number of thioether (sulfide) groups is 1. The van der Waals surface area contributed by atoms with Gasteiger partial charge < -0.3 is 15.4 Å². The lowest BCUT2D eigenvalue weighted by Crippen LogP contribution is -2.45. The van der Waals surface area contributed by atoms with E-state index in [0.29, 0.717) is 23.5 Å². The lowest BCUT2D eigenvalue weighted by molar-refractivity contribution is -0.120. The molecule has 40 heavy (non-hydrogen) atoms. The summed E-state index contributed by atoms with van der Waals surface area (Å²) in [6.07, 6.45) is 2.75. The van der Waals surface area contributed by atoms with Crippen LogP contribution in [0.4, 0.5) is 10.5 Å². The van der Waals surface area contributed by atoms with Crippen LogP contribution in [0.3, 0.4) is 0 Å². The molecule has 0 bridgehead atoms. The molecule has 1 aromatic heterocycles. The van der Waals surface area contributed by atoms with Gasteiger partial charge in [0.25, 0.3) is 5.91 Å². The highest BCUT2D eigenvalue weighted by Gasteiger charge is 2.43. The first-order valence-corrected chi connectivity index (χ1v) is 13.9. The third kappa shape index (κ3) is 6.68. The summed E-state index contributed by atoms with van der Waals surface area (Å²) in [6.45, 7) is 0.526. The van der Waals surface area contributed by atoms with Gasteiger partial charge in [0.05, 0.1) is 0 Å². The van der Waals surface area contributed by atoms with Crippen LogP contribution in [0.25, 0.3) is 0 Å². The van der Waals surface area contributed by atoms with Crippen molar-refractivity contribution in [1.29, 1.82) is 0 Å². The Balaban J connectivity index is 1.25. The molecule has 0 aliphatic carbocycles. The number of pyridine rings is 1. The van der Waals surface area contributed by atoms with Crippen molar-refractivity contribution in [2.75, 3.05) is 11.1 Å². The number of rotatable bonds is 8. The van der Waals surface area contributed by atoms with Crippen molar-refractivity contribution in [3.05, 3.63) is 132 Å². The number of nitrogens with zero attached hydrogens (tertiary/aromatic N) is 2. The summed E-state index contributed by atoms with van der Waals surface area (Å²) in [5, 5.41) is 5.39. The van der Waals surface area contributed by atoms with Crippen LogP contribution in [0, 0.1) is 0 Å². The largest absolute Gasteiger partial charge is 0.444 e. The molecule has 1 fully saturated rings. The second-order valence-electron chi connectivity index (χ2n) is 9.16. The zero-order valence-corrected chi connectivity index (χ0v) is 22.4. The Morgan fingerprint density at radius 3 is 2.17 bits per heavy atom. The maximum atomic E-state index is 13.4. The van der Waals surface area contributed by atoms with Crippen molar-refractivity contribution in [2.24, 2.45) is 0 Å². The number of anilines is 1. The molecule has 4 aromatic rings. The summed E-state index contributed by atoms with van der Waals surface area (Å²) < 4.78 is 5.62. The topological polar surface area (TPSA) is 101 Å². The van der Waals surface area contributed by atoms with Gasteiger partial charge in [0.15, 0.2) is 0 Å². The van der Waals surface area contributed by atoms with Gasteiger partial charge in [-0.05, 0) is 53.1 Å². The molecule has 2 N–H and O–H groups in total. The fraction of sp³-hybridized carbons (Fsp3) is 0.161. The van der Waals surface area contributed by atoms with Crippen LogP contribution in [0.1, 0.15) is 32.4 Å². The highest BCUT2D eigenvalue weighted by Crippen LogP contribution is 2.42. The standard InChI is InChI=1S/C31H28N4O4S/c36-28(33-19-22-7-3-1-4-8-22)24-11-13-26(14-12-24)34-29(37)27-21-40-30(25-15-17-32-18-16-25)35(27)31(38)39-20-23-9-5-2-6-10-23/h1-18,27,30H,19-21H2,(H,33,36)(H,34,37). The van der Waals surface area contributed by atoms with Gasteiger partial charge >= 0.3 is 6.09 Å². The van der Waals surface area contributed by atoms with E-state index in [1.54, 1.807) is 36.7 Å². The van der Waals surface area contributed by atoms with Gasteiger partial charge in [-0.15, -0.1) is 11.8 Å². The molecule has 2 atom stereocenters. The summed E-state index contributed by atoms with van der Waals surface area (Å²) >= 11 is 1.49. The van der Waals surface area contributed by atoms with E-state index in [1.807, 2.05) is 72.8 Å². The first-order valence-electron chi connectivity index (χ1n) is 12.8. The minimum atomic E-state index is -0.750. The van der Waals surface area contributed by atoms with Crippen molar-refractivity contribution in [1.82, 2.24) is 15.2 Å². The molecule has 1 saturated heterocycles. The second kappa shape index (κ2) is 12.9. The number of amides is 3. The van der Waals surface area contributed by atoms with Crippen LogP contribution in [-0.2, 0) is 22.7 Å². The number of nitrogens with one attached hydrogen (secondary N) is 2. The van der Waals surface area contributed by atoms with Crippen molar-refractivity contribution in [2.45, 2.75) is 24.6 Å². The zero-order chi connectivity index (χ0) is 27.7. The highest BCUT2D eigenvalue weighted by molar-refractivity contribution is 7.99. The summed E-state index contributed by atoms with van der Waals surface area (Å²) in [5.74, 6) is -0.136. The smallest absolute Gasteiger partial charge is 0.412 e. The normalized spacial score (nSPS) is 16.2. The molecule has 2 unspecified atom stereocenters. The van der Waals surface area contributed by atoms with E-state index in [1.165, 1.54) is 16.7 Å². The van der Waals surface area contributed by atoms with E-state index in [4.69, 9.17) is 4.74 Å². The van der Waals surface area contributed by atoms with Crippen molar-refractivity contribution in [3.63, 3.8) is 0 Å². The Bertz CT molecular complexity index is 1440. The molecule has 0 spiro atoms. The molecule has 0 saturated carbocycles. The summed E-state index contributed by atoms with van der Waals surface area (Å²) in [4.78, 5) is 44.8. The average Bonchev–Trinajstić information content (AvgIpc) is 3.46. The van der Waals surface area contributed by atoms with Crippen molar-refractivity contribution >= 4 is 35.4 Å². The second-order valence-corrected chi connectivity index (χ2v) is 10.3. The molecule has 8 nitrogen and oxygen atoms in total. The number of hydrogen-bond donors (Lipinski definition) is 2. The number of benzene rings is 3. The highest BCUT2D eigenvalue weighted by atomic mass is 32.2. The molecule has 1 aliphatic heterocycles. The van der Waals surface area contributed by atoms with Crippen LogP contribution in [0.2, 0.25) is 0 Å². The Labute approximate surface area is 236 Å². The predicted octanol–water partition coefficient (Wildman–Crippen LogP) is 5.40. The van der Waals surface area contributed by atoms with E-state index < -0.39 is 17.5 Å². The van der Waals surface area contributed by atoms with Crippen molar-refractivity contribution in [3.8, 4) is 0 Å². The molecular weight excluding hydrogens is 524 g/mol. The molecule has 0 radical (unpaired) electrons. The van der Waals surface area contributed by atoms with Gasteiger partial charge in [0.2, 0.25) is 5.91 Å². The summed E-state index contributed by atoms with van der Waals surface area (Å²) in [5.41, 5.74) is 3.73. The molecule has 3 amide bonds. The SMILES string of the molecule is O=C(NCc1ccccc1)c1ccc(NC(=O)C2CSC(c3ccncc3)N2C(=O)OCc2ccccc2)cc1. The van der Waals surface area contributed by atoms with E-state index >= 15 is 0 Å². The first kappa shape index (κ1) is 27.0. The monoisotopic (exact) mass is 552 g/mol. The average molecular weight is 553 g/mol. The van der Waals surface area contributed by atoms with Crippen LogP contribution in [-0.4, -0.2) is 39.6 Å². The van der Waals surface area contributed by atoms with Crippen LogP contribution in [0.5, 0.6) is 0 Å². The maximum Gasteiger partial charge on any atom is 0.412 e. The van der Waals surface area contributed by atoms with Crippen LogP contribution < -0.4 is 10.6 Å². The van der Waals surface area contributed by atoms with Gasteiger partial charge in [-0.2, -0.15) is 0 Å². The van der Waals surface area contributed by atoms with Crippen LogP contribution in [0.15, 0.2) is 109 Å². The molecular formula is C31H28N4O4S. The Kier molecular flexibility index (Phi) is 8.73. The Morgan fingerprint density at radius 1 is 0.850 bits per heavy atom. The number of carbonyl (C=O) groups excluding carboxylic acids is 3. The van der Waals surface area contributed by atoms with E-state index in [0.717, 1.165) is 16.7 Å². The van der Waals surface area contributed by atoms with Gasteiger partial charge in [-0.25, -0.2) is 4.79 Å².